The molecule has 1 aliphatic rings. The molecule has 0 aromatic heterocycles. The Labute approximate surface area is 156 Å². The topological polar surface area (TPSA) is 62.4 Å². The maximum Gasteiger partial charge on any atom is 0.255 e. The van der Waals surface area contributed by atoms with E-state index in [1.165, 1.54) is 24.3 Å². The molecule has 0 unspecified atom stereocenters. The zero-order valence-corrected chi connectivity index (χ0v) is 15.1. The SMILES string of the molecule is COc1cccc([C@@H]2NC(=S)NC(C)=C2C(=O)Nc2ccc(F)cc2)c1. The molecule has 0 fully saturated rings. The van der Waals surface area contributed by atoms with Gasteiger partial charge in [0.2, 0.25) is 0 Å². The third-order valence-electron chi connectivity index (χ3n) is 4.04. The number of hydrogen-bond donors (Lipinski definition) is 3. The fourth-order valence-corrected chi connectivity index (χ4v) is 3.07. The van der Waals surface area contributed by atoms with E-state index in [0.717, 1.165) is 5.56 Å². The molecule has 2 aromatic carbocycles. The number of amides is 1. The van der Waals surface area contributed by atoms with E-state index >= 15 is 0 Å². The molecule has 3 N–H and O–H groups in total. The third kappa shape index (κ3) is 3.83. The second-order valence-corrected chi connectivity index (χ2v) is 6.22. The van der Waals surface area contributed by atoms with Gasteiger partial charge in [0, 0.05) is 11.4 Å². The summed E-state index contributed by atoms with van der Waals surface area (Å²) in [6.45, 7) is 1.79. The standard InChI is InChI=1S/C19H18FN3O2S/c1-11-16(18(24)22-14-8-6-13(20)7-9-14)17(23-19(26)21-11)12-4-3-5-15(10-12)25-2/h3-10,17H,1-2H3,(H,22,24)(H2,21,23,26)/t17-/m0/s1. The first-order valence-corrected chi connectivity index (χ1v) is 8.38. The predicted octanol–water partition coefficient (Wildman–Crippen LogP) is 3.27. The molecule has 26 heavy (non-hydrogen) atoms. The summed E-state index contributed by atoms with van der Waals surface area (Å²) >= 11 is 5.24. The van der Waals surface area contributed by atoms with Crippen LogP contribution in [0.1, 0.15) is 18.5 Å². The van der Waals surface area contributed by atoms with Crippen LogP contribution in [0.25, 0.3) is 0 Å². The highest BCUT2D eigenvalue weighted by molar-refractivity contribution is 7.80. The highest BCUT2D eigenvalue weighted by Crippen LogP contribution is 2.29. The minimum Gasteiger partial charge on any atom is -0.497 e. The van der Waals surface area contributed by atoms with Crippen LogP contribution in [-0.2, 0) is 4.79 Å². The van der Waals surface area contributed by atoms with Gasteiger partial charge in [0.1, 0.15) is 11.6 Å². The van der Waals surface area contributed by atoms with Gasteiger partial charge in [0.15, 0.2) is 5.11 Å². The molecule has 0 bridgehead atoms. The molecule has 0 spiro atoms. The molecule has 0 radical (unpaired) electrons. The van der Waals surface area contributed by atoms with E-state index in [0.29, 0.717) is 27.8 Å². The third-order valence-corrected chi connectivity index (χ3v) is 4.26. The van der Waals surface area contributed by atoms with E-state index in [4.69, 9.17) is 17.0 Å². The molecule has 0 saturated carbocycles. The van der Waals surface area contributed by atoms with Crippen LogP contribution >= 0.6 is 12.2 Å². The molecule has 3 rings (SSSR count). The van der Waals surface area contributed by atoms with Gasteiger partial charge in [-0.25, -0.2) is 4.39 Å². The maximum atomic E-state index is 13.1. The lowest BCUT2D eigenvalue weighted by molar-refractivity contribution is -0.113. The first kappa shape index (κ1) is 17.9. The Bertz CT molecular complexity index is 881. The molecule has 1 aliphatic heterocycles. The van der Waals surface area contributed by atoms with Crippen molar-refractivity contribution in [1.82, 2.24) is 10.6 Å². The number of ether oxygens (including phenoxy) is 1. The minimum absolute atomic E-state index is 0.301. The molecule has 5 nitrogen and oxygen atoms in total. The van der Waals surface area contributed by atoms with Gasteiger partial charge in [-0.3, -0.25) is 4.79 Å². The summed E-state index contributed by atoms with van der Waals surface area (Å²) in [7, 11) is 1.59. The van der Waals surface area contributed by atoms with Crippen molar-refractivity contribution in [2.45, 2.75) is 13.0 Å². The van der Waals surface area contributed by atoms with E-state index in [1.54, 1.807) is 14.0 Å². The monoisotopic (exact) mass is 371 g/mol. The fourth-order valence-electron chi connectivity index (χ4n) is 2.80. The lowest BCUT2D eigenvalue weighted by Crippen LogP contribution is -2.45. The Kier molecular flexibility index (Phi) is 5.18. The van der Waals surface area contributed by atoms with Crippen LogP contribution in [0.2, 0.25) is 0 Å². The van der Waals surface area contributed by atoms with Crippen molar-refractivity contribution in [3.8, 4) is 5.75 Å². The molecule has 1 heterocycles. The number of thiocarbonyl (C=S) groups is 1. The fraction of sp³-hybridized carbons (Fsp3) is 0.158. The Hall–Kier alpha value is -2.93. The number of halogens is 1. The smallest absolute Gasteiger partial charge is 0.255 e. The van der Waals surface area contributed by atoms with E-state index in [2.05, 4.69) is 16.0 Å². The molecule has 0 aliphatic carbocycles. The van der Waals surface area contributed by atoms with Crippen LogP contribution in [0.5, 0.6) is 5.75 Å². The van der Waals surface area contributed by atoms with Crippen LogP contribution < -0.4 is 20.7 Å². The van der Waals surface area contributed by atoms with Crippen molar-refractivity contribution in [3.63, 3.8) is 0 Å². The number of carbonyl (C=O) groups excluding carboxylic acids is 1. The zero-order valence-electron chi connectivity index (χ0n) is 14.3. The van der Waals surface area contributed by atoms with Crippen LogP contribution in [0.3, 0.4) is 0 Å². The highest BCUT2D eigenvalue weighted by Gasteiger charge is 2.30. The van der Waals surface area contributed by atoms with E-state index in [-0.39, 0.29) is 11.7 Å². The van der Waals surface area contributed by atoms with Crippen molar-refractivity contribution in [2.75, 3.05) is 12.4 Å². The number of allylic oxidation sites excluding steroid dienone is 1. The van der Waals surface area contributed by atoms with Crippen molar-refractivity contribution < 1.29 is 13.9 Å². The van der Waals surface area contributed by atoms with Crippen LogP contribution in [0.15, 0.2) is 59.8 Å². The predicted molar refractivity (Wildman–Crippen MR) is 102 cm³/mol. The Balaban J connectivity index is 1.94. The quantitative estimate of drug-likeness (QED) is 0.720. The Morgan fingerprint density at radius 1 is 1.23 bits per heavy atom. The summed E-state index contributed by atoms with van der Waals surface area (Å²) in [6.07, 6.45) is 0. The first-order valence-electron chi connectivity index (χ1n) is 7.97. The van der Waals surface area contributed by atoms with E-state index in [9.17, 15) is 9.18 Å². The largest absolute Gasteiger partial charge is 0.497 e. The van der Waals surface area contributed by atoms with Crippen molar-refractivity contribution >= 4 is 28.9 Å². The number of benzene rings is 2. The Morgan fingerprint density at radius 3 is 2.65 bits per heavy atom. The summed E-state index contributed by atoms with van der Waals surface area (Å²) in [6, 6.07) is 12.6. The highest BCUT2D eigenvalue weighted by atomic mass is 32.1. The van der Waals surface area contributed by atoms with Crippen LogP contribution in [0, 0.1) is 5.82 Å². The number of carbonyl (C=O) groups is 1. The molecule has 7 heteroatoms. The molecular weight excluding hydrogens is 353 g/mol. The van der Waals surface area contributed by atoms with E-state index < -0.39 is 6.04 Å². The second-order valence-electron chi connectivity index (χ2n) is 5.81. The molecule has 1 amide bonds. The number of hydrogen-bond acceptors (Lipinski definition) is 3. The summed E-state index contributed by atoms with van der Waals surface area (Å²) in [5, 5.41) is 9.34. The van der Waals surface area contributed by atoms with Crippen LogP contribution in [0.4, 0.5) is 10.1 Å². The van der Waals surface area contributed by atoms with Gasteiger partial charge in [-0.1, -0.05) is 12.1 Å². The summed E-state index contributed by atoms with van der Waals surface area (Å²) < 4.78 is 18.3. The van der Waals surface area contributed by atoms with Gasteiger partial charge in [0.05, 0.1) is 18.7 Å². The maximum absolute atomic E-state index is 13.1. The molecule has 2 aromatic rings. The summed E-state index contributed by atoms with van der Waals surface area (Å²) in [5.74, 6) is 0.0214. The van der Waals surface area contributed by atoms with E-state index in [1.807, 2.05) is 24.3 Å². The van der Waals surface area contributed by atoms with Gasteiger partial charge in [-0.2, -0.15) is 0 Å². The normalized spacial score (nSPS) is 16.6. The van der Waals surface area contributed by atoms with Gasteiger partial charge in [0.25, 0.3) is 5.91 Å². The average Bonchev–Trinajstić information content (AvgIpc) is 2.63. The Morgan fingerprint density at radius 2 is 1.96 bits per heavy atom. The number of anilines is 1. The zero-order chi connectivity index (χ0) is 18.7. The minimum atomic E-state index is -0.431. The van der Waals surface area contributed by atoms with Gasteiger partial charge in [-0.15, -0.1) is 0 Å². The van der Waals surface area contributed by atoms with Gasteiger partial charge in [-0.05, 0) is 61.1 Å². The lowest BCUT2D eigenvalue weighted by Gasteiger charge is -2.30. The van der Waals surface area contributed by atoms with Gasteiger partial charge < -0.3 is 20.7 Å². The van der Waals surface area contributed by atoms with Crippen molar-refractivity contribution in [2.24, 2.45) is 0 Å². The first-order chi connectivity index (χ1) is 12.5. The van der Waals surface area contributed by atoms with Gasteiger partial charge >= 0.3 is 0 Å². The molecule has 1 atom stereocenters. The lowest BCUT2D eigenvalue weighted by atomic mass is 9.94. The second kappa shape index (κ2) is 7.53. The van der Waals surface area contributed by atoms with Crippen LogP contribution in [-0.4, -0.2) is 18.1 Å². The summed E-state index contributed by atoms with van der Waals surface area (Å²) in [4.78, 5) is 12.9. The summed E-state index contributed by atoms with van der Waals surface area (Å²) in [5.41, 5.74) is 2.50. The number of rotatable bonds is 4. The molecular formula is C19H18FN3O2S. The molecule has 0 saturated heterocycles. The van der Waals surface area contributed by atoms with Crippen molar-refractivity contribution in [1.29, 1.82) is 0 Å². The average molecular weight is 371 g/mol. The van der Waals surface area contributed by atoms with Crippen molar-refractivity contribution in [3.05, 3.63) is 71.2 Å². The number of methoxy groups -OCH3 is 1. The molecule has 134 valence electrons. The number of nitrogens with one attached hydrogen (secondary N) is 3.